The molecule has 0 fully saturated rings. The van der Waals surface area contributed by atoms with Gasteiger partial charge in [0.25, 0.3) is 0 Å². The first-order valence-corrected chi connectivity index (χ1v) is 4.95. The van der Waals surface area contributed by atoms with Crippen LogP contribution in [0, 0.1) is 5.41 Å². The highest BCUT2D eigenvalue weighted by Gasteiger charge is 2.00. The summed E-state index contributed by atoms with van der Waals surface area (Å²) in [6.07, 6.45) is 3.66. The Morgan fingerprint density at radius 3 is 2.81 bits per heavy atom. The van der Waals surface area contributed by atoms with E-state index in [2.05, 4.69) is 5.32 Å². The summed E-state index contributed by atoms with van der Waals surface area (Å²) in [4.78, 5) is 10.6. The molecule has 1 amide bonds. The van der Waals surface area contributed by atoms with Crippen LogP contribution < -0.4 is 11.1 Å². The summed E-state index contributed by atoms with van der Waals surface area (Å²) >= 11 is 0. The van der Waals surface area contributed by atoms with Crippen molar-refractivity contribution in [2.24, 2.45) is 5.73 Å². The van der Waals surface area contributed by atoms with Crippen molar-refractivity contribution in [3.05, 3.63) is 41.5 Å². The highest BCUT2D eigenvalue weighted by molar-refractivity contribution is 5.98. The first kappa shape index (κ1) is 12.0. The highest BCUT2D eigenvalue weighted by atomic mass is 16.1. The molecule has 4 N–H and O–H groups in total. The van der Waals surface area contributed by atoms with E-state index in [4.69, 9.17) is 11.1 Å². The normalized spacial score (nSPS) is 10.3. The molecule has 0 atom stereocenters. The second-order valence-electron chi connectivity index (χ2n) is 3.34. The summed E-state index contributed by atoms with van der Waals surface area (Å²) in [5.74, 6) is -0.0238. The van der Waals surface area contributed by atoms with Crippen LogP contribution >= 0.6 is 0 Å². The van der Waals surface area contributed by atoms with Gasteiger partial charge >= 0.3 is 0 Å². The number of nitrogens with two attached hydrogens (primary N) is 1. The molecular weight excluding hydrogens is 202 g/mol. The SMILES string of the molecule is CC(=O)NCC=Cc1ccccc1C(=N)N. The third kappa shape index (κ3) is 3.57. The van der Waals surface area contributed by atoms with Gasteiger partial charge in [0.05, 0.1) is 0 Å². The van der Waals surface area contributed by atoms with Crippen molar-refractivity contribution in [3.63, 3.8) is 0 Å². The van der Waals surface area contributed by atoms with Gasteiger partial charge in [-0.3, -0.25) is 10.2 Å². The molecule has 0 unspecified atom stereocenters. The largest absolute Gasteiger partial charge is 0.384 e. The minimum Gasteiger partial charge on any atom is -0.384 e. The number of nitrogen functional groups attached to an aromatic ring is 1. The fourth-order valence-corrected chi connectivity index (χ4v) is 1.28. The van der Waals surface area contributed by atoms with Gasteiger partial charge in [-0.1, -0.05) is 36.4 Å². The Bertz CT molecular complexity index is 424. The first-order valence-electron chi connectivity index (χ1n) is 4.95. The number of amides is 1. The summed E-state index contributed by atoms with van der Waals surface area (Å²) in [5, 5.41) is 10.1. The predicted molar refractivity (Wildman–Crippen MR) is 65.2 cm³/mol. The Morgan fingerprint density at radius 1 is 1.50 bits per heavy atom. The predicted octanol–water partition coefficient (Wildman–Crippen LogP) is 1.12. The second kappa shape index (κ2) is 5.70. The van der Waals surface area contributed by atoms with Crippen LogP contribution in [0.1, 0.15) is 18.1 Å². The lowest BCUT2D eigenvalue weighted by atomic mass is 10.1. The zero-order chi connectivity index (χ0) is 12.0. The van der Waals surface area contributed by atoms with Crippen LogP contribution in [0.5, 0.6) is 0 Å². The Balaban J connectivity index is 2.73. The molecule has 0 heterocycles. The average Bonchev–Trinajstić information content (AvgIpc) is 2.24. The Kier molecular flexibility index (Phi) is 4.27. The number of hydrogen-bond acceptors (Lipinski definition) is 2. The van der Waals surface area contributed by atoms with Gasteiger partial charge < -0.3 is 11.1 Å². The molecule has 4 heteroatoms. The number of benzene rings is 1. The van der Waals surface area contributed by atoms with Crippen LogP contribution in [0.15, 0.2) is 30.3 Å². The van der Waals surface area contributed by atoms with E-state index in [1.54, 1.807) is 6.07 Å². The molecule has 0 saturated heterocycles. The van der Waals surface area contributed by atoms with E-state index in [1.807, 2.05) is 30.4 Å². The van der Waals surface area contributed by atoms with Crippen molar-refractivity contribution in [3.8, 4) is 0 Å². The van der Waals surface area contributed by atoms with Gasteiger partial charge in [-0.25, -0.2) is 0 Å². The van der Waals surface area contributed by atoms with Gasteiger partial charge in [0.15, 0.2) is 0 Å². The topological polar surface area (TPSA) is 79.0 Å². The van der Waals surface area contributed by atoms with E-state index in [0.717, 1.165) is 5.56 Å². The lowest BCUT2D eigenvalue weighted by Gasteiger charge is -2.03. The van der Waals surface area contributed by atoms with E-state index in [9.17, 15) is 4.79 Å². The van der Waals surface area contributed by atoms with Gasteiger partial charge in [-0.15, -0.1) is 0 Å². The Labute approximate surface area is 94.7 Å². The van der Waals surface area contributed by atoms with Crippen molar-refractivity contribution in [1.82, 2.24) is 5.32 Å². The number of hydrogen-bond donors (Lipinski definition) is 3. The maximum Gasteiger partial charge on any atom is 0.217 e. The minimum absolute atomic E-state index is 0.0415. The van der Waals surface area contributed by atoms with E-state index >= 15 is 0 Å². The molecule has 0 aliphatic heterocycles. The quantitative estimate of drug-likeness (QED) is 0.522. The number of rotatable bonds is 4. The number of amidine groups is 1. The minimum atomic E-state index is -0.0653. The lowest BCUT2D eigenvalue weighted by molar-refractivity contribution is -0.118. The molecule has 16 heavy (non-hydrogen) atoms. The van der Waals surface area contributed by atoms with E-state index < -0.39 is 0 Å². The van der Waals surface area contributed by atoms with Crippen LogP contribution in [0.3, 0.4) is 0 Å². The molecule has 0 bridgehead atoms. The van der Waals surface area contributed by atoms with Crippen LogP contribution in [0.2, 0.25) is 0 Å². The van der Waals surface area contributed by atoms with Crippen molar-refractivity contribution in [2.45, 2.75) is 6.92 Å². The Morgan fingerprint density at radius 2 is 2.19 bits per heavy atom. The monoisotopic (exact) mass is 217 g/mol. The number of carbonyl (C=O) groups is 1. The third-order valence-electron chi connectivity index (χ3n) is 2.02. The fraction of sp³-hybridized carbons (Fsp3) is 0.167. The van der Waals surface area contributed by atoms with E-state index in [1.165, 1.54) is 6.92 Å². The molecule has 0 saturated carbocycles. The molecule has 0 aliphatic carbocycles. The highest BCUT2D eigenvalue weighted by Crippen LogP contribution is 2.09. The van der Waals surface area contributed by atoms with Crippen LogP contribution in [0.25, 0.3) is 6.08 Å². The summed E-state index contributed by atoms with van der Waals surface area (Å²) in [6, 6.07) is 7.38. The summed E-state index contributed by atoms with van der Waals surface area (Å²) in [6.45, 7) is 1.94. The van der Waals surface area contributed by atoms with Crippen molar-refractivity contribution < 1.29 is 4.79 Å². The smallest absolute Gasteiger partial charge is 0.217 e. The number of carbonyl (C=O) groups excluding carboxylic acids is 1. The maximum absolute atomic E-state index is 10.6. The molecule has 0 spiro atoms. The third-order valence-corrected chi connectivity index (χ3v) is 2.02. The van der Waals surface area contributed by atoms with Crippen LogP contribution in [-0.4, -0.2) is 18.3 Å². The van der Waals surface area contributed by atoms with Gasteiger partial charge in [-0.05, 0) is 5.56 Å². The zero-order valence-corrected chi connectivity index (χ0v) is 9.16. The molecule has 1 aromatic carbocycles. The first-order chi connectivity index (χ1) is 7.61. The van der Waals surface area contributed by atoms with Crippen molar-refractivity contribution >= 4 is 17.8 Å². The molecule has 0 aromatic heterocycles. The van der Waals surface area contributed by atoms with Crippen molar-refractivity contribution in [1.29, 1.82) is 5.41 Å². The van der Waals surface area contributed by atoms with Gasteiger partial charge in [0.2, 0.25) is 5.91 Å². The molecular formula is C12H15N3O. The van der Waals surface area contributed by atoms with Gasteiger partial charge in [0.1, 0.15) is 5.84 Å². The average molecular weight is 217 g/mol. The maximum atomic E-state index is 10.6. The zero-order valence-electron chi connectivity index (χ0n) is 9.16. The lowest BCUT2D eigenvalue weighted by Crippen LogP contribution is -2.19. The summed E-state index contributed by atoms with van der Waals surface area (Å²) < 4.78 is 0. The standard InChI is InChI=1S/C12H15N3O/c1-9(16)15-8-4-6-10-5-2-3-7-11(10)12(13)14/h2-7H,8H2,1H3,(H3,13,14)(H,15,16). The molecule has 1 rings (SSSR count). The fourth-order valence-electron chi connectivity index (χ4n) is 1.28. The molecule has 0 radical (unpaired) electrons. The second-order valence-corrected chi connectivity index (χ2v) is 3.34. The van der Waals surface area contributed by atoms with Gasteiger partial charge in [-0.2, -0.15) is 0 Å². The molecule has 4 nitrogen and oxygen atoms in total. The molecule has 0 aliphatic rings. The number of nitrogens with one attached hydrogen (secondary N) is 2. The summed E-state index contributed by atoms with van der Waals surface area (Å²) in [7, 11) is 0. The van der Waals surface area contributed by atoms with Gasteiger partial charge in [0, 0.05) is 19.0 Å². The Hall–Kier alpha value is -2.10. The van der Waals surface area contributed by atoms with E-state index in [0.29, 0.717) is 12.1 Å². The molecule has 1 aromatic rings. The van der Waals surface area contributed by atoms with E-state index in [-0.39, 0.29) is 11.7 Å². The van der Waals surface area contributed by atoms with Crippen LogP contribution in [-0.2, 0) is 4.79 Å². The van der Waals surface area contributed by atoms with Crippen molar-refractivity contribution in [2.75, 3.05) is 6.54 Å². The summed E-state index contributed by atoms with van der Waals surface area (Å²) in [5.41, 5.74) is 7.02. The molecule has 84 valence electrons. The van der Waals surface area contributed by atoms with Crippen LogP contribution in [0.4, 0.5) is 0 Å².